The Bertz CT molecular complexity index is 1390. The van der Waals surface area contributed by atoms with E-state index in [4.69, 9.17) is 11.6 Å². The number of thiophene rings is 1. The maximum Gasteiger partial charge on any atom is 0.280 e. The van der Waals surface area contributed by atoms with Gasteiger partial charge in [-0.3, -0.25) is 4.79 Å². The minimum Gasteiger partial charge on any atom is -0.313 e. The molecule has 0 aliphatic heterocycles. The Morgan fingerprint density at radius 3 is 2.69 bits per heavy atom. The van der Waals surface area contributed by atoms with Crippen molar-refractivity contribution in [3.8, 4) is 11.1 Å². The average Bonchev–Trinajstić information content (AvgIpc) is 3.35. The first-order valence-corrected chi connectivity index (χ1v) is 10.4. The van der Waals surface area contributed by atoms with Crippen LogP contribution in [0.2, 0.25) is 5.02 Å². The molecule has 0 aliphatic rings. The molecule has 0 fully saturated rings. The van der Waals surface area contributed by atoms with E-state index in [0.717, 1.165) is 23.2 Å². The van der Waals surface area contributed by atoms with E-state index in [1.54, 1.807) is 26.6 Å². The molecular formula is C21H16ClN5OS. The number of hydrogen-bond acceptors (Lipinski definition) is 5. The van der Waals surface area contributed by atoms with Crippen molar-refractivity contribution in [2.75, 3.05) is 0 Å². The Balaban J connectivity index is 1.62. The third-order valence-electron chi connectivity index (χ3n) is 4.94. The molecule has 0 unspecified atom stereocenters. The summed E-state index contributed by atoms with van der Waals surface area (Å²) in [6, 6.07) is 13.5. The summed E-state index contributed by atoms with van der Waals surface area (Å²) < 4.78 is 3.38. The molecule has 0 bridgehead atoms. The van der Waals surface area contributed by atoms with Crippen LogP contribution in [0, 0.1) is 6.92 Å². The topological polar surface area (TPSA) is 65.1 Å². The number of nitrogens with zero attached hydrogens (tertiary/aromatic N) is 5. The lowest BCUT2D eigenvalue weighted by Gasteiger charge is -2.07. The van der Waals surface area contributed by atoms with Gasteiger partial charge in [-0.2, -0.15) is 5.10 Å². The van der Waals surface area contributed by atoms with E-state index in [2.05, 4.69) is 21.4 Å². The van der Waals surface area contributed by atoms with Crippen LogP contribution in [0.3, 0.4) is 0 Å². The van der Waals surface area contributed by atoms with Gasteiger partial charge in [-0.25, -0.2) is 4.52 Å². The molecule has 0 spiro atoms. The second-order valence-electron chi connectivity index (χ2n) is 6.78. The third kappa shape index (κ3) is 3.12. The predicted octanol–water partition coefficient (Wildman–Crippen LogP) is 4.37. The van der Waals surface area contributed by atoms with Crippen molar-refractivity contribution < 1.29 is 0 Å². The lowest BCUT2D eigenvalue weighted by atomic mass is 10.1. The van der Waals surface area contributed by atoms with Crippen molar-refractivity contribution in [1.29, 1.82) is 0 Å². The highest BCUT2D eigenvalue weighted by molar-refractivity contribution is 7.09. The molecule has 8 heteroatoms. The van der Waals surface area contributed by atoms with Crippen LogP contribution in [0.25, 0.3) is 27.8 Å². The zero-order valence-electron chi connectivity index (χ0n) is 15.5. The summed E-state index contributed by atoms with van der Waals surface area (Å²) in [5, 5.41) is 16.0. The van der Waals surface area contributed by atoms with Crippen molar-refractivity contribution in [2.45, 2.75) is 19.9 Å². The summed E-state index contributed by atoms with van der Waals surface area (Å²) in [5.74, 6) is 0. The van der Waals surface area contributed by atoms with E-state index < -0.39 is 0 Å². The molecule has 0 saturated heterocycles. The van der Waals surface area contributed by atoms with Gasteiger partial charge in [0.25, 0.3) is 5.56 Å². The normalized spacial score (nSPS) is 11.5. The summed E-state index contributed by atoms with van der Waals surface area (Å²) in [6.45, 7) is 2.52. The molecular weight excluding hydrogens is 406 g/mol. The first kappa shape index (κ1) is 18.0. The highest BCUT2D eigenvalue weighted by atomic mass is 35.5. The second kappa shape index (κ2) is 7.09. The molecule has 4 aromatic heterocycles. The minimum atomic E-state index is -0.158. The Kier molecular flexibility index (Phi) is 4.41. The lowest BCUT2D eigenvalue weighted by Crippen LogP contribution is -2.22. The van der Waals surface area contributed by atoms with Gasteiger partial charge in [0.15, 0.2) is 11.2 Å². The van der Waals surface area contributed by atoms with Crippen LogP contribution in [0.1, 0.15) is 10.6 Å². The summed E-state index contributed by atoms with van der Waals surface area (Å²) in [6.07, 6.45) is 2.61. The van der Waals surface area contributed by atoms with Crippen LogP contribution in [0.4, 0.5) is 0 Å². The van der Waals surface area contributed by atoms with Gasteiger partial charge in [0.05, 0.1) is 11.3 Å². The molecule has 0 atom stereocenters. The van der Waals surface area contributed by atoms with Crippen LogP contribution in [0.5, 0.6) is 0 Å². The molecule has 29 heavy (non-hydrogen) atoms. The van der Waals surface area contributed by atoms with Crippen molar-refractivity contribution in [2.24, 2.45) is 0 Å². The highest BCUT2D eigenvalue weighted by Gasteiger charge is 2.17. The number of aryl methyl sites for hydroxylation is 3. The van der Waals surface area contributed by atoms with Crippen LogP contribution in [-0.4, -0.2) is 24.4 Å². The number of pyridine rings is 1. The van der Waals surface area contributed by atoms with Crippen LogP contribution in [-0.2, 0) is 13.0 Å². The number of halogens is 1. The fourth-order valence-corrected chi connectivity index (χ4v) is 4.33. The van der Waals surface area contributed by atoms with Gasteiger partial charge in [0, 0.05) is 22.6 Å². The molecule has 144 valence electrons. The van der Waals surface area contributed by atoms with Crippen molar-refractivity contribution in [3.63, 3.8) is 0 Å². The fourth-order valence-electron chi connectivity index (χ4n) is 3.51. The molecule has 1 aromatic carbocycles. The van der Waals surface area contributed by atoms with Gasteiger partial charge in [-0.05, 0) is 48.6 Å². The Morgan fingerprint density at radius 2 is 1.93 bits per heavy atom. The summed E-state index contributed by atoms with van der Waals surface area (Å²) in [5.41, 5.74) is 4.09. The molecule has 0 N–H and O–H groups in total. The number of rotatable bonds is 4. The van der Waals surface area contributed by atoms with Crippen LogP contribution >= 0.6 is 22.9 Å². The fraction of sp³-hybridized carbons (Fsp3) is 0.143. The van der Waals surface area contributed by atoms with Gasteiger partial charge in [-0.1, -0.05) is 29.8 Å². The molecule has 0 aliphatic carbocycles. The average molecular weight is 422 g/mol. The zero-order valence-corrected chi connectivity index (χ0v) is 17.1. The molecule has 5 rings (SSSR count). The van der Waals surface area contributed by atoms with Gasteiger partial charge >= 0.3 is 0 Å². The first-order valence-electron chi connectivity index (χ1n) is 9.15. The second-order valence-corrected chi connectivity index (χ2v) is 8.25. The van der Waals surface area contributed by atoms with E-state index in [1.807, 2.05) is 48.7 Å². The molecule has 0 amide bonds. The molecule has 0 radical (unpaired) electrons. The maximum atomic E-state index is 12.9. The summed E-state index contributed by atoms with van der Waals surface area (Å²) >= 11 is 7.71. The monoisotopic (exact) mass is 421 g/mol. The molecule has 0 saturated carbocycles. The number of aromatic nitrogens is 5. The SMILES string of the molecule is Cc1nn2c(nnc3c(=O)n(CCc4cccs4)ccc32)c1-c1ccc(Cl)cc1. The van der Waals surface area contributed by atoms with E-state index in [-0.39, 0.29) is 5.56 Å². The van der Waals surface area contributed by atoms with Gasteiger partial charge in [-0.15, -0.1) is 21.5 Å². The highest BCUT2D eigenvalue weighted by Crippen LogP contribution is 2.29. The van der Waals surface area contributed by atoms with Crippen LogP contribution in [0.15, 0.2) is 58.8 Å². The van der Waals surface area contributed by atoms with Crippen molar-refractivity contribution >= 4 is 39.6 Å². The number of fused-ring (bicyclic) bond motifs is 3. The Labute approximate surface area is 175 Å². The number of hydrogen-bond donors (Lipinski definition) is 0. The van der Waals surface area contributed by atoms with Gasteiger partial charge < -0.3 is 4.57 Å². The smallest absolute Gasteiger partial charge is 0.280 e. The Morgan fingerprint density at radius 1 is 1.10 bits per heavy atom. The first-order chi connectivity index (χ1) is 14.1. The molecule has 5 aromatic rings. The van der Waals surface area contributed by atoms with Crippen LogP contribution < -0.4 is 5.56 Å². The molecule has 4 heterocycles. The van der Waals surface area contributed by atoms with Gasteiger partial charge in [0.2, 0.25) is 0 Å². The molecule has 6 nitrogen and oxygen atoms in total. The van der Waals surface area contributed by atoms with E-state index >= 15 is 0 Å². The van der Waals surface area contributed by atoms with E-state index in [1.165, 1.54) is 4.88 Å². The predicted molar refractivity (Wildman–Crippen MR) is 116 cm³/mol. The van der Waals surface area contributed by atoms with E-state index in [9.17, 15) is 4.79 Å². The minimum absolute atomic E-state index is 0.158. The Hall–Kier alpha value is -3.03. The van der Waals surface area contributed by atoms with E-state index in [0.29, 0.717) is 28.2 Å². The van der Waals surface area contributed by atoms with Gasteiger partial charge in [0.1, 0.15) is 5.52 Å². The van der Waals surface area contributed by atoms with Crippen molar-refractivity contribution in [3.05, 3.63) is 80.0 Å². The zero-order chi connectivity index (χ0) is 20.0. The number of benzene rings is 1. The summed E-state index contributed by atoms with van der Waals surface area (Å²) in [4.78, 5) is 14.2. The summed E-state index contributed by atoms with van der Waals surface area (Å²) in [7, 11) is 0. The quantitative estimate of drug-likeness (QED) is 0.432. The largest absolute Gasteiger partial charge is 0.313 e. The van der Waals surface area contributed by atoms with Crippen molar-refractivity contribution in [1.82, 2.24) is 24.4 Å². The maximum absolute atomic E-state index is 12.9. The third-order valence-corrected chi connectivity index (χ3v) is 6.13. The lowest BCUT2D eigenvalue weighted by molar-refractivity contribution is 0.676. The standard InChI is InChI=1S/C21H16ClN5OS/c1-13-18(14-4-6-15(22)7-5-14)20-24-23-19-17(27(20)25-13)9-11-26(21(19)28)10-8-16-3-2-12-29-16/h2-7,9,11-12H,8,10H2,1H3.